The lowest BCUT2D eigenvalue weighted by molar-refractivity contribution is 0.0941. The molecule has 1 fully saturated rings. The lowest BCUT2D eigenvalue weighted by atomic mass is 10.1. The summed E-state index contributed by atoms with van der Waals surface area (Å²) in [6, 6.07) is 11.0. The van der Waals surface area contributed by atoms with E-state index in [2.05, 4.69) is 15.0 Å². The van der Waals surface area contributed by atoms with Crippen molar-refractivity contribution in [2.75, 3.05) is 0 Å². The molecule has 9 heteroatoms. The Morgan fingerprint density at radius 2 is 1.93 bits per heavy atom. The third-order valence-electron chi connectivity index (χ3n) is 4.90. The smallest absolute Gasteiger partial charge is 0.252 e. The number of rotatable bonds is 7. The molecule has 2 N–H and O–H groups in total. The summed E-state index contributed by atoms with van der Waals surface area (Å²) >= 11 is 0. The summed E-state index contributed by atoms with van der Waals surface area (Å²) in [7, 11) is -1.88. The van der Waals surface area contributed by atoms with E-state index >= 15 is 0 Å². The van der Waals surface area contributed by atoms with Crippen LogP contribution < -0.4 is 10.0 Å². The van der Waals surface area contributed by atoms with E-state index in [1.54, 1.807) is 42.2 Å². The predicted molar refractivity (Wildman–Crippen MR) is 109 cm³/mol. The van der Waals surface area contributed by atoms with Crippen LogP contribution in [-0.4, -0.2) is 29.9 Å². The molecule has 0 saturated heterocycles. The summed E-state index contributed by atoms with van der Waals surface area (Å²) in [5, 5.41) is 2.88. The van der Waals surface area contributed by atoms with Crippen LogP contribution in [0.15, 0.2) is 65.8 Å². The summed E-state index contributed by atoms with van der Waals surface area (Å²) in [5.41, 5.74) is 0.855. The van der Waals surface area contributed by atoms with E-state index in [0.29, 0.717) is 11.4 Å². The topological polar surface area (TPSA) is 93.1 Å². The molecule has 2 aromatic carbocycles. The molecule has 156 valence electrons. The maximum atomic E-state index is 13.4. The highest BCUT2D eigenvalue weighted by atomic mass is 32.2. The molecule has 30 heavy (non-hydrogen) atoms. The summed E-state index contributed by atoms with van der Waals surface area (Å²) < 4.78 is 42.7. The number of benzene rings is 2. The van der Waals surface area contributed by atoms with Gasteiger partial charge in [-0.3, -0.25) is 4.79 Å². The summed E-state index contributed by atoms with van der Waals surface area (Å²) in [5.74, 6) is -0.283. The van der Waals surface area contributed by atoms with E-state index in [1.807, 2.05) is 0 Å². The van der Waals surface area contributed by atoms with Crippen LogP contribution in [0, 0.1) is 5.82 Å². The molecule has 1 amide bonds. The first-order chi connectivity index (χ1) is 14.3. The van der Waals surface area contributed by atoms with Gasteiger partial charge >= 0.3 is 0 Å². The molecule has 0 bridgehead atoms. The second-order valence-corrected chi connectivity index (χ2v) is 8.99. The van der Waals surface area contributed by atoms with Crippen LogP contribution in [-0.2, 0) is 17.1 Å². The van der Waals surface area contributed by atoms with Gasteiger partial charge in [-0.15, -0.1) is 0 Å². The minimum absolute atomic E-state index is 0.0289. The molecule has 1 aromatic heterocycles. The first-order valence-electron chi connectivity index (χ1n) is 9.49. The Balaban J connectivity index is 1.62. The van der Waals surface area contributed by atoms with Gasteiger partial charge in [-0.05, 0) is 48.7 Å². The second kappa shape index (κ2) is 8.00. The van der Waals surface area contributed by atoms with Crippen molar-refractivity contribution in [3.05, 3.63) is 83.7 Å². The van der Waals surface area contributed by atoms with Crippen molar-refractivity contribution >= 4 is 15.9 Å². The van der Waals surface area contributed by atoms with Crippen molar-refractivity contribution < 1.29 is 17.6 Å². The first kappa shape index (κ1) is 20.2. The number of aryl methyl sites for hydroxylation is 1. The average Bonchev–Trinajstić information content (AvgIpc) is 3.43. The maximum absolute atomic E-state index is 13.4. The molecule has 1 aliphatic carbocycles. The molecule has 0 radical (unpaired) electrons. The summed E-state index contributed by atoms with van der Waals surface area (Å²) in [6.07, 6.45) is 4.99. The molecular weight excluding hydrogens is 407 g/mol. The molecule has 0 spiro atoms. The monoisotopic (exact) mass is 428 g/mol. The number of nitrogens with zero attached hydrogens (tertiary/aromatic N) is 2. The molecule has 0 aliphatic heterocycles. The molecule has 1 aliphatic rings. The molecule has 1 saturated carbocycles. The van der Waals surface area contributed by atoms with Crippen LogP contribution in [0.1, 0.15) is 40.6 Å². The Hall–Kier alpha value is -3.04. The minimum Gasteiger partial charge on any atom is -0.338 e. The van der Waals surface area contributed by atoms with Crippen LogP contribution in [0.3, 0.4) is 0 Å². The number of hydrogen-bond donors (Lipinski definition) is 2. The number of aromatic nitrogens is 2. The van der Waals surface area contributed by atoms with Gasteiger partial charge in [-0.25, -0.2) is 22.5 Å². The van der Waals surface area contributed by atoms with Crippen molar-refractivity contribution in [1.29, 1.82) is 0 Å². The van der Waals surface area contributed by atoms with Gasteiger partial charge in [0, 0.05) is 31.0 Å². The van der Waals surface area contributed by atoms with Crippen LogP contribution in [0.4, 0.5) is 4.39 Å². The van der Waals surface area contributed by atoms with Gasteiger partial charge < -0.3 is 9.88 Å². The third kappa shape index (κ3) is 4.42. The van der Waals surface area contributed by atoms with Crippen molar-refractivity contribution in [3.63, 3.8) is 0 Å². The molecule has 1 heterocycles. The van der Waals surface area contributed by atoms with E-state index in [0.717, 1.165) is 12.8 Å². The predicted octanol–water partition coefficient (Wildman–Crippen LogP) is 2.52. The molecular formula is C21H21FN4O3S. The van der Waals surface area contributed by atoms with E-state index < -0.39 is 22.0 Å². The van der Waals surface area contributed by atoms with Gasteiger partial charge in [0.1, 0.15) is 17.7 Å². The number of nitrogens with one attached hydrogen (secondary N) is 2. The maximum Gasteiger partial charge on any atom is 0.252 e. The lowest BCUT2D eigenvalue weighted by Crippen LogP contribution is -2.31. The third-order valence-corrected chi connectivity index (χ3v) is 6.42. The van der Waals surface area contributed by atoms with Crippen molar-refractivity contribution in [3.8, 4) is 0 Å². The Morgan fingerprint density at radius 1 is 1.20 bits per heavy atom. The molecule has 7 nitrogen and oxygen atoms in total. The fraction of sp³-hybridized carbons (Fsp3) is 0.238. The summed E-state index contributed by atoms with van der Waals surface area (Å²) in [4.78, 5) is 17.3. The number of carbonyl (C=O) groups is 1. The number of carbonyl (C=O) groups excluding carboxylic acids is 1. The summed E-state index contributed by atoms with van der Waals surface area (Å²) in [6.45, 7) is 0. The van der Waals surface area contributed by atoms with Crippen LogP contribution in [0.5, 0.6) is 0 Å². The standard InChI is InChI=1S/C21H21FN4O3S/c1-26-12-11-23-20(26)19(14-5-7-16(22)8-6-14)24-21(27)15-3-2-4-18(13-15)30(28,29)25-17-9-10-17/h2-8,11-13,17,19,25H,9-10H2,1H3,(H,24,27). The zero-order valence-corrected chi connectivity index (χ0v) is 17.1. The Morgan fingerprint density at radius 3 is 2.57 bits per heavy atom. The quantitative estimate of drug-likeness (QED) is 0.605. The fourth-order valence-electron chi connectivity index (χ4n) is 3.12. The SMILES string of the molecule is Cn1ccnc1C(NC(=O)c1cccc(S(=O)(=O)NC2CC2)c1)c1ccc(F)cc1. The number of hydrogen-bond acceptors (Lipinski definition) is 4. The molecule has 4 rings (SSSR count). The number of imidazole rings is 1. The normalized spacial score (nSPS) is 15.0. The Bertz CT molecular complexity index is 1170. The van der Waals surface area contributed by atoms with Crippen LogP contribution >= 0.6 is 0 Å². The fourth-order valence-corrected chi connectivity index (χ4v) is 4.47. The number of sulfonamides is 1. The van der Waals surface area contributed by atoms with E-state index in [1.165, 1.54) is 30.3 Å². The largest absolute Gasteiger partial charge is 0.338 e. The second-order valence-electron chi connectivity index (χ2n) is 7.28. The molecule has 3 aromatic rings. The van der Waals surface area contributed by atoms with Crippen molar-refractivity contribution in [2.24, 2.45) is 7.05 Å². The van der Waals surface area contributed by atoms with E-state index in [-0.39, 0.29) is 22.3 Å². The van der Waals surface area contributed by atoms with Crippen molar-refractivity contribution in [1.82, 2.24) is 19.6 Å². The highest BCUT2D eigenvalue weighted by molar-refractivity contribution is 7.89. The highest BCUT2D eigenvalue weighted by Crippen LogP contribution is 2.24. The lowest BCUT2D eigenvalue weighted by Gasteiger charge is -2.19. The van der Waals surface area contributed by atoms with Crippen LogP contribution in [0.25, 0.3) is 0 Å². The van der Waals surface area contributed by atoms with Gasteiger partial charge in [0.25, 0.3) is 5.91 Å². The van der Waals surface area contributed by atoms with Gasteiger partial charge in [0.15, 0.2) is 0 Å². The Kier molecular flexibility index (Phi) is 5.40. The Labute approximate surface area is 174 Å². The highest BCUT2D eigenvalue weighted by Gasteiger charge is 2.28. The van der Waals surface area contributed by atoms with Gasteiger partial charge in [-0.2, -0.15) is 0 Å². The minimum atomic E-state index is -3.68. The van der Waals surface area contributed by atoms with Gasteiger partial charge in [0.2, 0.25) is 10.0 Å². The average molecular weight is 428 g/mol. The number of halogens is 1. The zero-order chi connectivity index (χ0) is 21.3. The zero-order valence-electron chi connectivity index (χ0n) is 16.2. The molecule has 1 unspecified atom stereocenters. The van der Waals surface area contributed by atoms with Gasteiger partial charge in [-0.1, -0.05) is 18.2 Å². The van der Waals surface area contributed by atoms with E-state index in [9.17, 15) is 17.6 Å². The number of amides is 1. The van der Waals surface area contributed by atoms with Crippen LogP contribution in [0.2, 0.25) is 0 Å². The molecule has 1 atom stereocenters. The van der Waals surface area contributed by atoms with Crippen molar-refractivity contribution in [2.45, 2.75) is 29.8 Å². The van der Waals surface area contributed by atoms with E-state index in [4.69, 9.17) is 0 Å². The first-order valence-corrected chi connectivity index (χ1v) is 11.0. The van der Waals surface area contributed by atoms with Gasteiger partial charge in [0.05, 0.1) is 4.90 Å².